The molecule has 4 rings (SSSR count). The van der Waals surface area contributed by atoms with Gasteiger partial charge in [-0.25, -0.2) is 9.97 Å². The summed E-state index contributed by atoms with van der Waals surface area (Å²) >= 11 is 0. The average molecular weight is 394 g/mol. The maximum absolute atomic E-state index is 12.2. The van der Waals surface area contributed by atoms with E-state index in [9.17, 15) is 9.59 Å². The molecule has 0 spiro atoms. The number of piperazine rings is 1. The fraction of sp³-hybridized carbons (Fsp3) is 0.429. The van der Waals surface area contributed by atoms with Crippen LogP contribution in [-0.4, -0.2) is 66.0 Å². The minimum absolute atomic E-state index is 0.227. The Morgan fingerprint density at radius 2 is 1.90 bits per heavy atom. The summed E-state index contributed by atoms with van der Waals surface area (Å²) in [5.74, 6) is 1.53. The number of hydrogen-bond donors (Lipinski definition) is 2. The number of anilines is 2. The molecule has 29 heavy (non-hydrogen) atoms. The molecule has 2 fully saturated rings. The van der Waals surface area contributed by atoms with E-state index in [0.29, 0.717) is 24.5 Å². The van der Waals surface area contributed by atoms with E-state index in [-0.39, 0.29) is 11.8 Å². The van der Waals surface area contributed by atoms with Crippen molar-refractivity contribution in [1.82, 2.24) is 20.2 Å². The Morgan fingerprint density at radius 3 is 2.62 bits per heavy atom. The van der Waals surface area contributed by atoms with Crippen LogP contribution >= 0.6 is 0 Å². The van der Waals surface area contributed by atoms with Crippen LogP contribution in [0, 0.1) is 6.92 Å². The number of nitrogens with zero attached hydrogens (tertiary/aromatic N) is 4. The SMILES string of the molecule is Cc1cccc(-c2nc(NC3CCC(=O)NC3=O)cc(N3CCN(C)CC3)n2)c1. The van der Waals surface area contributed by atoms with Gasteiger partial charge in [-0.3, -0.25) is 14.9 Å². The van der Waals surface area contributed by atoms with E-state index >= 15 is 0 Å². The number of hydrogen-bond acceptors (Lipinski definition) is 7. The average Bonchev–Trinajstić information content (AvgIpc) is 2.70. The molecule has 0 saturated carbocycles. The zero-order valence-corrected chi connectivity index (χ0v) is 16.8. The van der Waals surface area contributed by atoms with Crippen molar-refractivity contribution in [3.8, 4) is 11.4 Å². The third kappa shape index (κ3) is 4.54. The van der Waals surface area contributed by atoms with Crippen molar-refractivity contribution in [2.24, 2.45) is 0 Å². The Morgan fingerprint density at radius 1 is 1.10 bits per heavy atom. The maximum atomic E-state index is 12.2. The predicted molar refractivity (Wildman–Crippen MR) is 112 cm³/mol. The van der Waals surface area contributed by atoms with Gasteiger partial charge in [0.25, 0.3) is 0 Å². The number of nitrogens with one attached hydrogen (secondary N) is 2. The topological polar surface area (TPSA) is 90.5 Å². The number of carbonyl (C=O) groups is 2. The van der Waals surface area contributed by atoms with E-state index < -0.39 is 6.04 Å². The molecule has 1 unspecified atom stereocenters. The zero-order chi connectivity index (χ0) is 20.4. The monoisotopic (exact) mass is 394 g/mol. The van der Waals surface area contributed by atoms with Crippen LogP contribution in [0.4, 0.5) is 11.6 Å². The number of amides is 2. The lowest BCUT2D eigenvalue weighted by atomic mass is 10.1. The summed E-state index contributed by atoms with van der Waals surface area (Å²) in [6, 6.07) is 9.49. The van der Waals surface area contributed by atoms with Crippen molar-refractivity contribution in [3.63, 3.8) is 0 Å². The number of likely N-dealkylation sites (N-methyl/N-ethyl adjacent to an activating group) is 1. The minimum Gasteiger partial charge on any atom is -0.358 e. The standard InChI is InChI=1S/C21H26N6O2/c1-14-4-3-5-15(12-14)20-23-17(22-16-6-7-19(28)25-21(16)29)13-18(24-20)27-10-8-26(2)9-11-27/h3-5,12-13,16H,6-11H2,1-2H3,(H,22,23,24)(H,25,28,29). The third-order valence-electron chi connectivity index (χ3n) is 5.38. The lowest BCUT2D eigenvalue weighted by Crippen LogP contribution is -2.47. The van der Waals surface area contributed by atoms with Crippen molar-refractivity contribution in [3.05, 3.63) is 35.9 Å². The molecule has 2 aliphatic heterocycles. The Kier molecular flexibility index (Phi) is 5.44. The van der Waals surface area contributed by atoms with Gasteiger partial charge in [-0.15, -0.1) is 0 Å². The van der Waals surface area contributed by atoms with Gasteiger partial charge in [0, 0.05) is 44.2 Å². The van der Waals surface area contributed by atoms with Crippen molar-refractivity contribution in [2.45, 2.75) is 25.8 Å². The first-order valence-electron chi connectivity index (χ1n) is 9.98. The second kappa shape index (κ2) is 8.16. The van der Waals surface area contributed by atoms with Gasteiger partial charge in [0.15, 0.2) is 5.82 Å². The number of rotatable bonds is 4. The van der Waals surface area contributed by atoms with Crippen LogP contribution in [-0.2, 0) is 9.59 Å². The second-order valence-electron chi connectivity index (χ2n) is 7.74. The predicted octanol–water partition coefficient (Wildman–Crippen LogP) is 1.42. The van der Waals surface area contributed by atoms with Gasteiger partial charge in [-0.05, 0) is 26.5 Å². The summed E-state index contributed by atoms with van der Waals surface area (Å²) in [6.45, 7) is 5.76. The lowest BCUT2D eigenvalue weighted by molar-refractivity contribution is -0.133. The molecular weight excluding hydrogens is 368 g/mol. The normalized spacial score (nSPS) is 20.5. The number of imide groups is 1. The van der Waals surface area contributed by atoms with Crippen molar-refractivity contribution in [2.75, 3.05) is 43.4 Å². The molecule has 8 heteroatoms. The van der Waals surface area contributed by atoms with Crippen LogP contribution in [0.25, 0.3) is 11.4 Å². The summed E-state index contributed by atoms with van der Waals surface area (Å²) in [5, 5.41) is 5.60. The highest BCUT2D eigenvalue weighted by atomic mass is 16.2. The molecule has 152 valence electrons. The first-order chi connectivity index (χ1) is 14.0. The first-order valence-corrected chi connectivity index (χ1v) is 9.98. The molecule has 3 heterocycles. The van der Waals surface area contributed by atoms with E-state index in [1.165, 1.54) is 0 Å². The summed E-state index contributed by atoms with van der Waals surface area (Å²) in [5.41, 5.74) is 2.07. The van der Waals surface area contributed by atoms with Gasteiger partial charge in [0.2, 0.25) is 11.8 Å². The number of benzene rings is 1. The van der Waals surface area contributed by atoms with Crippen LogP contribution in [0.2, 0.25) is 0 Å². The van der Waals surface area contributed by atoms with Gasteiger partial charge in [-0.1, -0.05) is 23.8 Å². The van der Waals surface area contributed by atoms with E-state index in [4.69, 9.17) is 4.98 Å². The Balaban J connectivity index is 1.66. The van der Waals surface area contributed by atoms with Crippen LogP contribution in [0.5, 0.6) is 0 Å². The van der Waals surface area contributed by atoms with Crippen LogP contribution in [0.15, 0.2) is 30.3 Å². The smallest absolute Gasteiger partial charge is 0.249 e. The Bertz CT molecular complexity index is 923. The molecule has 8 nitrogen and oxygen atoms in total. The van der Waals surface area contributed by atoms with Gasteiger partial charge in [0.1, 0.15) is 17.7 Å². The third-order valence-corrected chi connectivity index (χ3v) is 5.38. The fourth-order valence-corrected chi connectivity index (χ4v) is 3.63. The van der Waals surface area contributed by atoms with E-state index in [2.05, 4.69) is 38.5 Å². The number of carbonyl (C=O) groups excluding carboxylic acids is 2. The summed E-state index contributed by atoms with van der Waals surface area (Å²) in [4.78, 5) is 37.6. The van der Waals surface area contributed by atoms with Crippen LogP contribution < -0.4 is 15.5 Å². The molecule has 2 saturated heterocycles. The summed E-state index contributed by atoms with van der Waals surface area (Å²) in [6.07, 6.45) is 0.781. The van der Waals surface area contributed by atoms with Crippen molar-refractivity contribution < 1.29 is 9.59 Å². The highest BCUT2D eigenvalue weighted by Gasteiger charge is 2.27. The van der Waals surface area contributed by atoms with Crippen molar-refractivity contribution >= 4 is 23.5 Å². The molecule has 1 aromatic carbocycles. The molecule has 2 N–H and O–H groups in total. The van der Waals surface area contributed by atoms with Gasteiger partial charge in [-0.2, -0.15) is 0 Å². The van der Waals surface area contributed by atoms with Crippen LogP contribution in [0.1, 0.15) is 18.4 Å². The highest BCUT2D eigenvalue weighted by molar-refractivity contribution is 6.01. The molecule has 0 radical (unpaired) electrons. The number of piperidine rings is 1. The number of aryl methyl sites for hydroxylation is 1. The van der Waals surface area contributed by atoms with E-state index in [1.54, 1.807) is 0 Å². The van der Waals surface area contributed by atoms with Gasteiger partial charge < -0.3 is 15.1 Å². The Hall–Kier alpha value is -3.00. The maximum Gasteiger partial charge on any atom is 0.249 e. The molecular formula is C21H26N6O2. The largest absolute Gasteiger partial charge is 0.358 e. The molecule has 1 atom stereocenters. The van der Waals surface area contributed by atoms with E-state index in [1.807, 2.05) is 31.2 Å². The summed E-state index contributed by atoms with van der Waals surface area (Å²) in [7, 11) is 2.12. The fourth-order valence-electron chi connectivity index (χ4n) is 3.63. The number of aromatic nitrogens is 2. The van der Waals surface area contributed by atoms with E-state index in [0.717, 1.165) is 43.1 Å². The zero-order valence-electron chi connectivity index (χ0n) is 16.8. The second-order valence-corrected chi connectivity index (χ2v) is 7.74. The highest BCUT2D eigenvalue weighted by Crippen LogP contribution is 2.25. The molecule has 0 aliphatic carbocycles. The summed E-state index contributed by atoms with van der Waals surface area (Å²) < 4.78 is 0. The van der Waals surface area contributed by atoms with Gasteiger partial charge in [0.05, 0.1) is 0 Å². The van der Waals surface area contributed by atoms with Gasteiger partial charge >= 0.3 is 0 Å². The molecule has 2 amide bonds. The molecule has 2 aliphatic rings. The molecule has 2 aromatic rings. The Labute approximate surface area is 170 Å². The lowest BCUT2D eigenvalue weighted by Gasteiger charge is -2.33. The van der Waals surface area contributed by atoms with Crippen LogP contribution in [0.3, 0.4) is 0 Å². The quantitative estimate of drug-likeness (QED) is 0.758. The van der Waals surface area contributed by atoms with Crippen molar-refractivity contribution in [1.29, 1.82) is 0 Å². The first kappa shape index (κ1) is 19.3. The molecule has 0 bridgehead atoms. The minimum atomic E-state index is -0.478. The molecule has 1 aromatic heterocycles.